The number of nitrogens with one attached hydrogen (secondary N) is 1. The van der Waals surface area contributed by atoms with Gasteiger partial charge in [-0.2, -0.15) is 0 Å². The van der Waals surface area contributed by atoms with Gasteiger partial charge < -0.3 is 8.85 Å². The summed E-state index contributed by atoms with van der Waals surface area (Å²) in [5, 5.41) is 0.0484. The monoisotopic (exact) mass is 247 g/mol. The zero-order chi connectivity index (χ0) is 12.7. The van der Waals surface area contributed by atoms with Crippen LogP contribution in [0.15, 0.2) is 0 Å². The van der Waals surface area contributed by atoms with E-state index in [2.05, 4.69) is 32.7 Å². The summed E-state index contributed by atoms with van der Waals surface area (Å²) in [5.41, 5.74) is 0. The third-order valence-corrected chi connectivity index (χ3v) is 6.65. The maximum atomic E-state index is 5.99. The Hall–Kier alpha value is 0.0969. The van der Waals surface area contributed by atoms with Crippen molar-refractivity contribution in [2.24, 2.45) is 0 Å². The maximum absolute atomic E-state index is 5.99. The molecule has 4 heteroatoms. The third-order valence-electron chi connectivity index (χ3n) is 2.57. The highest BCUT2D eigenvalue weighted by atomic mass is 28.4. The fourth-order valence-corrected chi connectivity index (χ4v) is 4.68. The molecule has 0 unspecified atom stereocenters. The number of hydrogen-bond donors (Lipinski definition) is 1. The fourth-order valence-electron chi connectivity index (χ4n) is 1.68. The second kappa shape index (κ2) is 7.43. The van der Waals surface area contributed by atoms with Gasteiger partial charge in [-0.3, -0.25) is 4.98 Å². The van der Waals surface area contributed by atoms with Crippen LogP contribution in [0.4, 0.5) is 0 Å². The Morgan fingerprint density at radius 1 is 1.00 bits per heavy atom. The van der Waals surface area contributed by atoms with Crippen molar-refractivity contribution in [1.29, 1.82) is 0 Å². The van der Waals surface area contributed by atoms with E-state index in [1.807, 2.05) is 13.8 Å². The average molecular weight is 247 g/mol. The fraction of sp³-hybridized carbons (Fsp3) is 1.00. The molecule has 1 N–H and O–H groups in total. The maximum Gasteiger partial charge on any atom is 0.430 e. The topological polar surface area (TPSA) is 30.5 Å². The molecule has 0 amide bonds. The van der Waals surface area contributed by atoms with E-state index in [9.17, 15) is 0 Å². The van der Waals surface area contributed by atoms with E-state index in [0.717, 1.165) is 6.54 Å². The summed E-state index contributed by atoms with van der Waals surface area (Å²) in [5.74, 6) is 0. The van der Waals surface area contributed by atoms with Crippen LogP contribution in [-0.2, 0) is 8.85 Å². The van der Waals surface area contributed by atoms with E-state index in [1.165, 1.54) is 12.8 Å². The molecule has 98 valence electrons. The summed E-state index contributed by atoms with van der Waals surface area (Å²) in [6.45, 7) is 15.3. The molecule has 16 heavy (non-hydrogen) atoms. The predicted octanol–water partition coefficient (Wildman–Crippen LogP) is 3.19. The molecule has 0 fully saturated rings. The van der Waals surface area contributed by atoms with Gasteiger partial charge in [0.05, 0.1) is 0 Å². The van der Waals surface area contributed by atoms with Crippen molar-refractivity contribution in [3.05, 3.63) is 0 Å². The van der Waals surface area contributed by atoms with Crippen molar-refractivity contribution >= 4 is 8.72 Å². The molecule has 0 aromatic rings. The van der Waals surface area contributed by atoms with Gasteiger partial charge in [0.1, 0.15) is 0 Å². The van der Waals surface area contributed by atoms with E-state index < -0.39 is 8.72 Å². The first-order valence-electron chi connectivity index (χ1n) is 6.46. The van der Waals surface area contributed by atoms with E-state index in [0.29, 0.717) is 13.2 Å². The molecule has 0 saturated heterocycles. The normalized spacial score (nSPS) is 13.1. The van der Waals surface area contributed by atoms with Gasteiger partial charge in [-0.1, -0.05) is 34.1 Å². The van der Waals surface area contributed by atoms with Crippen molar-refractivity contribution in [3.63, 3.8) is 0 Å². The van der Waals surface area contributed by atoms with Crippen LogP contribution in [0.25, 0.3) is 0 Å². The van der Waals surface area contributed by atoms with Crippen molar-refractivity contribution in [1.82, 2.24) is 4.98 Å². The van der Waals surface area contributed by atoms with Crippen LogP contribution in [0, 0.1) is 0 Å². The Bertz CT molecular complexity index is 174. The lowest BCUT2D eigenvalue weighted by Gasteiger charge is -2.40. The summed E-state index contributed by atoms with van der Waals surface area (Å²) in [6, 6.07) is 0. The SMILES string of the molecule is CCCCN[Si](OCC)(OCC)C(C)(C)C. The summed E-state index contributed by atoms with van der Waals surface area (Å²) < 4.78 is 12.0. The lowest BCUT2D eigenvalue weighted by atomic mass is 10.3. The molecule has 0 heterocycles. The van der Waals surface area contributed by atoms with Gasteiger partial charge in [-0.05, 0) is 26.8 Å². The largest absolute Gasteiger partial charge is 0.430 e. The zero-order valence-corrected chi connectivity index (χ0v) is 12.9. The Kier molecular flexibility index (Phi) is 7.47. The van der Waals surface area contributed by atoms with E-state index in [4.69, 9.17) is 8.85 Å². The highest BCUT2D eigenvalue weighted by molar-refractivity contribution is 6.68. The van der Waals surface area contributed by atoms with Gasteiger partial charge >= 0.3 is 8.72 Å². The van der Waals surface area contributed by atoms with Gasteiger partial charge in [-0.25, -0.2) is 0 Å². The van der Waals surface area contributed by atoms with Crippen LogP contribution in [0.3, 0.4) is 0 Å². The van der Waals surface area contributed by atoms with Gasteiger partial charge in [0.15, 0.2) is 0 Å². The number of hydrogen-bond acceptors (Lipinski definition) is 3. The molecule has 0 aliphatic carbocycles. The van der Waals surface area contributed by atoms with Crippen LogP contribution < -0.4 is 4.98 Å². The van der Waals surface area contributed by atoms with Crippen LogP contribution in [0.2, 0.25) is 5.04 Å². The molecule has 0 radical (unpaired) electrons. The average Bonchev–Trinajstić information content (AvgIpc) is 2.17. The third kappa shape index (κ3) is 4.53. The van der Waals surface area contributed by atoms with Crippen LogP contribution in [-0.4, -0.2) is 28.5 Å². The molecular weight excluding hydrogens is 218 g/mol. The first kappa shape index (κ1) is 16.1. The van der Waals surface area contributed by atoms with E-state index in [1.54, 1.807) is 0 Å². The smallest absolute Gasteiger partial charge is 0.383 e. The van der Waals surface area contributed by atoms with Crippen molar-refractivity contribution in [2.75, 3.05) is 19.8 Å². The summed E-state index contributed by atoms with van der Waals surface area (Å²) in [4.78, 5) is 3.57. The highest BCUT2D eigenvalue weighted by Crippen LogP contribution is 2.35. The second-order valence-corrected chi connectivity index (χ2v) is 8.68. The summed E-state index contributed by atoms with van der Waals surface area (Å²) in [7, 11) is -2.28. The minimum Gasteiger partial charge on any atom is -0.383 e. The molecule has 0 aliphatic heterocycles. The first-order chi connectivity index (χ1) is 7.43. The standard InChI is InChI=1S/C12H29NO2Si/c1-7-10-11-13-16(14-8-2,15-9-3)12(4,5)6/h13H,7-11H2,1-6H3. The molecule has 0 spiro atoms. The molecule has 0 rings (SSSR count). The molecule has 3 nitrogen and oxygen atoms in total. The van der Waals surface area contributed by atoms with Crippen LogP contribution >= 0.6 is 0 Å². The Morgan fingerprint density at radius 2 is 1.50 bits per heavy atom. The van der Waals surface area contributed by atoms with E-state index >= 15 is 0 Å². The van der Waals surface area contributed by atoms with Crippen LogP contribution in [0.5, 0.6) is 0 Å². The van der Waals surface area contributed by atoms with Crippen molar-refractivity contribution in [2.45, 2.75) is 59.4 Å². The molecule has 0 atom stereocenters. The van der Waals surface area contributed by atoms with Gasteiger partial charge in [0, 0.05) is 18.3 Å². The van der Waals surface area contributed by atoms with E-state index in [-0.39, 0.29) is 5.04 Å². The lowest BCUT2D eigenvalue weighted by Crippen LogP contribution is -2.62. The first-order valence-corrected chi connectivity index (χ1v) is 8.28. The highest BCUT2D eigenvalue weighted by Gasteiger charge is 2.49. The minimum absolute atomic E-state index is 0.0484. The number of rotatable bonds is 8. The molecule has 0 saturated carbocycles. The Labute approximate surface area is 102 Å². The lowest BCUT2D eigenvalue weighted by molar-refractivity contribution is 0.148. The molecule has 0 aromatic carbocycles. The zero-order valence-electron chi connectivity index (χ0n) is 11.9. The summed E-state index contributed by atoms with van der Waals surface area (Å²) >= 11 is 0. The molecule has 0 aliphatic rings. The van der Waals surface area contributed by atoms with Crippen molar-refractivity contribution < 1.29 is 8.85 Å². The van der Waals surface area contributed by atoms with Gasteiger partial charge in [0.2, 0.25) is 0 Å². The minimum atomic E-state index is -2.28. The quantitative estimate of drug-likeness (QED) is 0.528. The van der Waals surface area contributed by atoms with Gasteiger partial charge in [-0.15, -0.1) is 0 Å². The van der Waals surface area contributed by atoms with Gasteiger partial charge in [0.25, 0.3) is 0 Å². The molecule has 0 bridgehead atoms. The summed E-state index contributed by atoms with van der Waals surface area (Å²) in [6.07, 6.45) is 2.37. The predicted molar refractivity (Wildman–Crippen MR) is 71.6 cm³/mol. The Morgan fingerprint density at radius 3 is 1.81 bits per heavy atom. The second-order valence-electron chi connectivity index (χ2n) is 5.01. The van der Waals surface area contributed by atoms with Crippen LogP contribution in [0.1, 0.15) is 54.4 Å². The molecular formula is C12H29NO2Si. The molecule has 0 aromatic heterocycles. The number of unbranched alkanes of at least 4 members (excludes halogenated alkanes) is 1. The van der Waals surface area contributed by atoms with Crippen molar-refractivity contribution in [3.8, 4) is 0 Å². The Balaban J connectivity index is 4.65.